The highest BCUT2D eigenvalue weighted by Crippen LogP contribution is 1.91. The summed E-state index contributed by atoms with van der Waals surface area (Å²) in [4.78, 5) is 3.84. The van der Waals surface area contributed by atoms with Crippen LogP contribution in [-0.4, -0.2) is 4.98 Å². The molecule has 0 bridgehead atoms. The van der Waals surface area contributed by atoms with Crippen LogP contribution in [0, 0.1) is 23.2 Å². The Kier molecular flexibility index (Phi) is 2.71. The van der Waals surface area contributed by atoms with E-state index >= 15 is 0 Å². The van der Waals surface area contributed by atoms with Crippen LogP contribution in [0.4, 0.5) is 0 Å². The summed E-state index contributed by atoms with van der Waals surface area (Å²) in [7, 11) is 0. The van der Waals surface area contributed by atoms with Gasteiger partial charge in [-0.15, -0.1) is 0 Å². The van der Waals surface area contributed by atoms with Crippen LogP contribution in [0.1, 0.15) is 12.0 Å². The van der Waals surface area contributed by atoms with E-state index in [1.807, 2.05) is 18.2 Å². The molecule has 11 heavy (non-hydrogen) atoms. The van der Waals surface area contributed by atoms with Crippen molar-refractivity contribution in [2.45, 2.75) is 6.42 Å². The first-order valence-corrected chi connectivity index (χ1v) is 3.19. The lowest BCUT2D eigenvalue weighted by molar-refractivity contribution is 1.32. The smallest absolute Gasteiger partial charge is 0.0966 e. The molecule has 0 fully saturated rings. The summed E-state index contributed by atoms with van der Waals surface area (Å²) < 4.78 is 0. The number of hydrogen-bond donors (Lipinski definition) is 0. The van der Waals surface area contributed by atoms with E-state index in [4.69, 9.17) is 5.26 Å². The zero-order valence-electron chi connectivity index (χ0n) is 5.91. The van der Waals surface area contributed by atoms with Crippen molar-refractivity contribution in [2.75, 3.05) is 0 Å². The molecule has 1 aromatic heterocycles. The predicted molar refractivity (Wildman–Crippen MR) is 41.3 cm³/mol. The lowest BCUT2D eigenvalue weighted by atomic mass is 10.3. The Morgan fingerprint density at radius 1 is 1.36 bits per heavy atom. The first-order chi connectivity index (χ1) is 5.43. The molecule has 2 nitrogen and oxygen atoms in total. The minimum atomic E-state index is 0.280. The highest BCUT2D eigenvalue weighted by atomic mass is 14.6. The van der Waals surface area contributed by atoms with Crippen LogP contribution in [0.3, 0.4) is 0 Å². The fraction of sp³-hybridized carbons (Fsp3) is 0.111. The number of nitriles is 1. The summed E-state index contributed by atoms with van der Waals surface area (Å²) >= 11 is 0. The molecule has 1 heterocycles. The van der Waals surface area contributed by atoms with Gasteiger partial charge in [-0.25, -0.2) is 0 Å². The van der Waals surface area contributed by atoms with Crippen molar-refractivity contribution in [3.05, 3.63) is 30.1 Å². The van der Waals surface area contributed by atoms with E-state index in [1.54, 1.807) is 12.4 Å². The molecule has 52 valence electrons. The Hall–Kier alpha value is -1.80. The van der Waals surface area contributed by atoms with E-state index in [0.29, 0.717) is 0 Å². The van der Waals surface area contributed by atoms with Gasteiger partial charge in [-0.3, -0.25) is 4.98 Å². The molecule has 1 aromatic rings. The van der Waals surface area contributed by atoms with E-state index in [-0.39, 0.29) is 6.42 Å². The van der Waals surface area contributed by atoms with Crippen LogP contribution in [-0.2, 0) is 0 Å². The first kappa shape index (κ1) is 7.31. The van der Waals surface area contributed by atoms with Crippen LogP contribution >= 0.6 is 0 Å². The fourth-order valence-electron chi connectivity index (χ4n) is 0.621. The van der Waals surface area contributed by atoms with Crippen LogP contribution in [0.15, 0.2) is 24.5 Å². The number of nitrogens with zero attached hydrogens (tertiary/aromatic N) is 2. The average molecular weight is 142 g/mol. The van der Waals surface area contributed by atoms with E-state index in [1.165, 1.54) is 0 Å². The van der Waals surface area contributed by atoms with E-state index in [9.17, 15) is 0 Å². The maximum atomic E-state index is 8.18. The van der Waals surface area contributed by atoms with Crippen LogP contribution in [0.25, 0.3) is 0 Å². The summed E-state index contributed by atoms with van der Waals surface area (Å²) in [6, 6.07) is 5.57. The molecule has 1 rings (SSSR count). The van der Waals surface area contributed by atoms with Crippen molar-refractivity contribution in [1.82, 2.24) is 4.98 Å². The zero-order chi connectivity index (χ0) is 7.94. The standard InChI is InChI=1S/C9H6N2/c10-6-2-1-3-9-4-7-11-8-5-9/h4-5,7-8H,2H2. The van der Waals surface area contributed by atoms with Crippen LogP contribution < -0.4 is 0 Å². The van der Waals surface area contributed by atoms with Gasteiger partial charge in [0, 0.05) is 18.0 Å². The van der Waals surface area contributed by atoms with Crippen molar-refractivity contribution in [3.8, 4) is 17.9 Å². The van der Waals surface area contributed by atoms with Gasteiger partial charge < -0.3 is 0 Å². The second-order valence-electron chi connectivity index (χ2n) is 1.87. The maximum Gasteiger partial charge on any atom is 0.0966 e. The zero-order valence-corrected chi connectivity index (χ0v) is 5.91. The third-order valence-corrected chi connectivity index (χ3v) is 1.08. The van der Waals surface area contributed by atoms with Gasteiger partial charge >= 0.3 is 0 Å². The van der Waals surface area contributed by atoms with E-state index < -0.39 is 0 Å². The number of aromatic nitrogens is 1. The van der Waals surface area contributed by atoms with Crippen molar-refractivity contribution < 1.29 is 0 Å². The molecule has 0 aliphatic heterocycles. The highest BCUT2D eigenvalue weighted by Gasteiger charge is 1.80. The Bertz CT molecular complexity index is 311. The molecule has 0 aliphatic carbocycles. The van der Waals surface area contributed by atoms with Gasteiger partial charge in [-0.2, -0.15) is 5.26 Å². The lowest BCUT2D eigenvalue weighted by Crippen LogP contribution is -1.73. The summed E-state index contributed by atoms with van der Waals surface area (Å²) in [5, 5.41) is 8.18. The summed E-state index contributed by atoms with van der Waals surface area (Å²) in [5.41, 5.74) is 0.898. The van der Waals surface area contributed by atoms with Crippen molar-refractivity contribution in [2.24, 2.45) is 0 Å². The molecule has 2 heteroatoms. The quantitative estimate of drug-likeness (QED) is 0.512. The number of pyridine rings is 1. The van der Waals surface area contributed by atoms with Crippen molar-refractivity contribution in [1.29, 1.82) is 5.26 Å². The van der Waals surface area contributed by atoms with E-state index in [0.717, 1.165) is 5.56 Å². The Morgan fingerprint density at radius 2 is 2.09 bits per heavy atom. The van der Waals surface area contributed by atoms with Gasteiger partial charge in [0.2, 0.25) is 0 Å². The van der Waals surface area contributed by atoms with Crippen LogP contribution in [0.5, 0.6) is 0 Å². The largest absolute Gasteiger partial charge is 0.265 e. The minimum absolute atomic E-state index is 0.280. The predicted octanol–water partition coefficient (Wildman–Crippen LogP) is 1.35. The molecule has 0 spiro atoms. The van der Waals surface area contributed by atoms with Gasteiger partial charge in [0.15, 0.2) is 0 Å². The number of hydrogen-bond acceptors (Lipinski definition) is 2. The van der Waals surface area contributed by atoms with E-state index in [2.05, 4.69) is 16.8 Å². The molecule has 0 N–H and O–H groups in total. The molecule has 0 saturated carbocycles. The molecule has 0 aromatic carbocycles. The molecule has 0 unspecified atom stereocenters. The third-order valence-electron chi connectivity index (χ3n) is 1.08. The monoisotopic (exact) mass is 142 g/mol. The second kappa shape index (κ2) is 4.09. The molecule has 0 radical (unpaired) electrons. The third kappa shape index (κ3) is 2.51. The lowest BCUT2D eigenvalue weighted by Gasteiger charge is -1.83. The van der Waals surface area contributed by atoms with Crippen LogP contribution in [0.2, 0.25) is 0 Å². The first-order valence-electron chi connectivity index (χ1n) is 3.19. The molecule has 0 saturated heterocycles. The SMILES string of the molecule is N#CCC#Cc1ccncc1. The van der Waals surface area contributed by atoms with Gasteiger partial charge in [-0.05, 0) is 12.1 Å². The fourth-order valence-corrected chi connectivity index (χ4v) is 0.621. The normalized spacial score (nSPS) is 7.55. The minimum Gasteiger partial charge on any atom is -0.265 e. The Balaban J connectivity index is 2.68. The van der Waals surface area contributed by atoms with Gasteiger partial charge in [0.05, 0.1) is 12.5 Å². The topological polar surface area (TPSA) is 36.7 Å². The molecule has 0 aliphatic rings. The summed E-state index contributed by atoms with van der Waals surface area (Å²) in [6.45, 7) is 0. The second-order valence-corrected chi connectivity index (χ2v) is 1.87. The molecule has 0 amide bonds. The summed E-state index contributed by atoms with van der Waals surface area (Å²) in [5.74, 6) is 5.55. The Morgan fingerprint density at radius 3 is 2.73 bits per heavy atom. The summed E-state index contributed by atoms with van der Waals surface area (Å²) in [6.07, 6.45) is 3.63. The van der Waals surface area contributed by atoms with Crippen molar-refractivity contribution in [3.63, 3.8) is 0 Å². The van der Waals surface area contributed by atoms with Gasteiger partial charge in [0.1, 0.15) is 0 Å². The molecule has 0 atom stereocenters. The molecular formula is C9H6N2. The highest BCUT2D eigenvalue weighted by molar-refractivity contribution is 5.32. The average Bonchev–Trinajstić information content (AvgIpc) is 2.07. The van der Waals surface area contributed by atoms with Crippen molar-refractivity contribution >= 4 is 0 Å². The number of rotatable bonds is 0. The van der Waals surface area contributed by atoms with Gasteiger partial charge in [0.25, 0.3) is 0 Å². The Labute approximate surface area is 65.5 Å². The maximum absolute atomic E-state index is 8.18. The van der Waals surface area contributed by atoms with Gasteiger partial charge in [-0.1, -0.05) is 11.8 Å². The molecular weight excluding hydrogens is 136 g/mol.